The summed E-state index contributed by atoms with van der Waals surface area (Å²) < 4.78 is 11.0. The van der Waals surface area contributed by atoms with Crippen LogP contribution in [0.1, 0.15) is 11.7 Å². The fourth-order valence-electron chi connectivity index (χ4n) is 2.04. The van der Waals surface area contributed by atoms with Crippen molar-refractivity contribution in [2.45, 2.75) is 13.1 Å². The van der Waals surface area contributed by atoms with Crippen molar-refractivity contribution in [2.24, 2.45) is 0 Å². The van der Waals surface area contributed by atoms with Gasteiger partial charge < -0.3 is 14.6 Å². The van der Waals surface area contributed by atoms with E-state index in [1.807, 2.05) is 37.4 Å². The van der Waals surface area contributed by atoms with E-state index in [9.17, 15) is 0 Å². The molecule has 0 saturated carbocycles. The van der Waals surface area contributed by atoms with Crippen LogP contribution in [-0.4, -0.2) is 16.9 Å². The first-order valence-corrected chi connectivity index (χ1v) is 6.07. The molecule has 2 N–H and O–H groups in total. The SMILES string of the molecule is CN(Cc1ccco1)Cc1nc2c(N)cccc2o1. The zero-order valence-corrected chi connectivity index (χ0v) is 10.7. The van der Waals surface area contributed by atoms with Crippen LogP contribution in [0, 0.1) is 0 Å². The summed E-state index contributed by atoms with van der Waals surface area (Å²) in [6.45, 7) is 1.32. The van der Waals surface area contributed by atoms with E-state index in [0.717, 1.165) is 16.9 Å². The van der Waals surface area contributed by atoms with Gasteiger partial charge in [0.25, 0.3) is 0 Å². The Kier molecular flexibility index (Phi) is 2.97. The maximum atomic E-state index is 5.86. The van der Waals surface area contributed by atoms with Gasteiger partial charge in [0.2, 0.25) is 5.89 Å². The highest BCUT2D eigenvalue weighted by molar-refractivity contribution is 5.85. The van der Waals surface area contributed by atoms with Crippen LogP contribution in [0.3, 0.4) is 0 Å². The molecule has 5 heteroatoms. The standard InChI is InChI=1S/C14H15N3O2/c1-17(8-10-4-3-7-18-10)9-13-16-14-11(15)5-2-6-12(14)19-13/h2-7H,8-9,15H2,1H3. The number of benzene rings is 1. The third-order valence-electron chi connectivity index (χ3n) is 2.91. The predicted octanol–water partition coefficient (Wildman–Crippen LogP) is 2.64. The van der Waals surface area contributed by atoms with Crippen LogP contribution in [0.15, 0.2) is 45.4 Å². The Morgan fingerprint density at radius 2 is 2.11 bits per heavy atom. The molecule has 2 heterocycles. The minimum absolute atomic E-state index is 0.606. The van der Waals surface area contributed by atoms with E-state index in [0.29, 0.717) is 24.7 Å². The van der Waals surface area contributed by atoms with Crippen LogP contribution in [-0.2, 0) is 13.1 Å². The number of rotatable bonds is 4. The molecule has 0 atom stereocenters. The van der Waals surface area contributed by atoms with Gasteiger partial charge in [0.05, 0.1) is 25.0 Å². The quantitative estimate of drug-likeness (QED) is 0.728. The summed E-state index contributed by atoms with van der Waals surface area (Å²) >= 11 is 0. The van der Waals surface area contributed by atoms with Gasteiger partial charge in [-0.25, -0.2) is 4.98 Å². The Hall–Kier alpha value is -2.27. The van der Waals surface area contributed by atoms with Crippen molar-refractivity contribution in [1.82, 2.24) is 9.88 Å². The number of aromatic nitrogens is 1. The number of nitrogens with two attached hydrogens (primary N) is 1. The number of furan rings is 1. The van der Waals surface area contributed by atoms with Crippen molar-refractivity contribution < 1.29 is 8.83 Å². The van der Waals surface area contributed by atoms with E-state index in [1.54, 1.807) is 6.26 Å². The van der Waals surface area contributed by atoms with Crippen molar-refractivity contribution in [3.05, 3.63) is 48.2 Å². The van der Waals surface area contributed by atoms with Crippen LogP contribution in [0.4, 0.5) is 5.69 Å². The summed E-state index contributed by atoms with van der Waals surface area (Å²) in [4.78, 5) is 6.49. The van der Waals surface area contributed by atoms with Crippen molar-refractivity contribution in [3.8, 4) is 0 Å². The molecule has 0 fully saturated rings. The summed E-state index contributed by atoms with van der Waals surface area (Å²) in [6.07, 6.45) is 1.67. The monoisotopic (exact) mass is 257 g/mol. The number of nitrogen functional groups attached to an aromatic ring is 1. The maximum absolute atomic E-state index is 5.86. The number of fused-ring (bicyclic) bond motifs is 1. The van der Waals surface area contributed by atoms with Gasteiger partial charge in [-0.3, -0.25) is 4.90 Å². The minimum Gasteiger partial charge on any atom is -0.468 e. The zero-order chi connectivity index (χ0) is 13.2. The molecule has 0 radical (unpaired) electrons. The van der Waals surface area contributed by atoms with Gasteiger partial charge >= 0.3 is 0 Å². The first kappa shape index (κ1) is 11.8. The van der Waals surface area contributed by atoms with Gasteiger partial charge in [0.1, 0.15) is 11.3 Å². The smallest absolute Gasteiger partial charge is 0.209 e. The van der Waals surface area contributed by atoms with Gasteiger partial charge in [-0.2, -0.15) is 0 Å². The lowest BCUT2D eigenvalue weighted by Crippen LogP contribution is -2.16. The second kappa shape index (κ2) is 4.78. The van der Waals surface area contributed by atoms with Crippen LogP contribution in [0.5, 0.6) is 0 Å². The molecular weight excluding hydrogens is 242 g/mol. The fourth-order valence-corrected chi connectivity index (χ4v) is 2.04. The molecule has 0 aliphatic rings. The average molecular weight is 257 g/mol. The molecule has 0 unspecified atom stereocenters. The largest absolute Gasteiger partial charge is 0.468 e. The Balaban J connectivity index is 1.76. The molecule has 3 rings (SSSR count). The molecule has 2 aromatic heterocycles. The van der Waals surface area contributed by atoms with Crippen LogP contribution < -0.4 is 5.73 Å². The second-order valence-electron chi connectivity index (χ2n) is 4.55. The van der Waals surface area contributed by atoms with E-state index < -0.39 is 0 Å². The molecule has 3 aromatic rings. The highest BCUT2D eigenvalue weighted by atomic mass is 16.3. The van der Waals surface area contributed by atoms with Crippen LogP contribution in [0.2, 0.25) is 0 Å². The molecule has 19 heavy (non-hydrogen) atoms. The molecule has 1 aromatic carbocycles. The summed E-state index contributed by atoms with van der Waals surface area (Å²) in [7, 11) is 1.99. The van der Waals surface area contributed by atoms with Gasteiger partial charge in [0.15, 0.2) is 5.58 Å². The van der Waals surface area contributed by atoms with Crippen molar-refractivity contribution >= 4 is 16.8 Å². The zero-order valence-electron chi connectivity index (χ0n) is 10.7. The average Bonchev–Trinajstić information content (AvgIpc) is 2.98. The third-order valence-corrected chi connectivity index (χ3v) is 2.91. The Morgan fingerprint density at radius 1 is 1.21 bits per heavy atom. The molecule has 0 aliphatic carbocycles. The number of nitrogens with zero attached hydrogens (tertiary/aromatic N) is 2. The van der Waals surface area contributed by atoms with E-state index in [-0.39, 0.29) is 0 Å². The lowest BCUT2D eigenvalue weighted by Gasteiger charge is -2.11. The van der Waals surface area contributed by atoms with Gasteiger partial charge in [0, 0.05) is 0 Å². The fraction of sp³-hybridized carbons (Fsp3) is 0.214. The Labute approximate surface area is 110 Å². The molecular formula is C14H15N3O2. The molecule has 0 bridgehead atoms. The topological polar surface area (TPSA) is 68.4 Å². The lowest BCUT2D eigenvalue weighted by atomic mass is 10.3. The number of hydrogen-bond donors (Lipinski definition) is 1. The molecule has 0 spiro atoms. The molecule has 0 aliphatic heterocycles. The third kappa shape index (κ3) is 2.46. The number of hydrogen-bond acceptors (Lipinski definition) is 5. The van der Waals surface area contributed by atoms with Gasteiger partial charge in [-0.15, -0.1) is 0 Å². The van der Waals surface area contributed by atoms with Crippen molar-refractivity contribution in [3.63, 3.8) is 0 Å². The van der Waals surface area contributed by atoms with E-state index in [1.165, 1.54) is 0 Å². The minimum atomic E-state index is 0.606. The molecule has 0 amide bonds. The summed E-state index contributed by atoms with van der Waals surface area (Å²) in [5, 5.41) is 0. The van der Waals surface area contributed by atoms with E-state index >= 15 is 0 Å². The molecule has 0 saturated heterocycles. The lowest BCUT2D eigenvalue weighted by molar-refractivity contribution is 0.262. The summed E-state index contributed by atoms with van der Waals surface area (Å²) in [5.41, 5.74) is 7.95. The maximum Gasteiger partial charge on any atom is 0.209 e. The van der Waals surface area contributed by atoms with Gasteiger partial charge in [-0.05, 0) is 31.3 Å². The summed E-state index contributed by atoms with van der Waals surface area (Å²) in [5.74, 6) is 1.57. The number of para-hydroxylation sites is 1. The van der Waals surface area contributed by atoms with E-state index in [4.69, 9.17) is 14.6 Å². The highest BCUT2D eigenvalue weighted by Gasteiger charge is 2.11. The van der Waals surface area contributed by atoms with Crippen molar-refractivity contribution in [2.75, 3.05) is 12.8 Å². The first-order chi connectivity index (χ1) is 9.22. The predicted molar refractivity (Wildman–Crippen MR) is 72.3 cm³/mol. The highest BCUT2D eigenvalue weighted by Crippen LogP contribution is 2.21. The number of oxazole rings is 1. The second-order valence-corrected chi connectivity index (χ2v) is 4.55. The number of anilines is 1. The van der Waals surface area contributed by atoms with Crippen molar-refractivity contribution in [1.29, 1.82) is 0 Å². The van der Waals surface area contributed by atoms with E-state index in [2.05, 4.69) is 9.88 Å². The molecule has 98 valence electrons. The first-order valence-electron chi connectivity index (χ1n) is 6.07. The normalized spacial score (nSPS) is 11.5. The Morgan fingerprint density at radius 3 is 2.84 bits per heavy atom. The summed E-state index contributed by atoms with van der Waals surface area (Å²) in [6, 6.07) is 9.37. The van der Waals surface area contributed by atoms with Crippen LogP contribution in [0.25, 0.3) is 11.1 Å². The Bertz CT molecular complexity index is 673. The van der Waals surface area contributed by atoms with Crippen LogP contribution >= 0.6 is 0 Å². The van der Waals surface area contributed by atoms with Gasteiger partial charge in [-0.1, -0.05) is 6.07 Å². The molecule has 5 nitrogen and oxygen atoms in total.